The molecule has 4 unspecified atom stereocenters. The first-order valence-corrected chi connectivity index (χ1v) is 35.4. The molecule has 0 aliphatic heterocycles. The largest absolute Gasteiger partial charge is 0.342 e. The van der Waals surface area contributed by atoms with Crippen molar-refractivity contribution in [3.05, 3.63) is 260 Å². The van der Waals surface area contributed by atoms with Gasteiger partial charge in [-0.15, -0.1) is 0 Å². The van der Waals surface area contributed by atoms with Crippen LogP contribution >= 0.6 is 46.4 Å². The number of H-pyrrole nitrogens is 4. The summed E-state index contributed by atoms with van der Waals surface area (Å²) in [6.07, 6.45) is 22.5. The van der Waals surface area contributed by atoms with Crippen molar-refractivity contribution in [1.82, 2.24) is 39.9 Å². The Morgan fingerprint density at radius 1 is 0.315 bits per heavy atom. The monoisotopic (exact) mass is 1290 g/mol. The number of aromatic nitrogens is 8. The normalized spacial score (nSPS) is 23.6. The first-order chi connectivity index (χ1) is 45.1. The Morgan fingerprint density at radius 3 is 1.11 bits per heavy atom. The van der Waals surface area contributed by atoms with Gasteiger partial charge in [0.05, 0.1) is 43.6 Å². The summed E-state index contributed by atoms with van der Waals surface area (Å²) in [5.41, 5.74) is 14.2. The van der Waals surface area contributed by atoms with Crippen molar-refractivity contribution in [2.45, 2.75) is 145 Å². The van der Waals surface area contributed by atoms with Crippen molar-refractivity contribution >= 4 is 90.5 Å². The maximum absolute atomic E-state index is 6.22. The number of nitrogens with one attached hydrogen (secondary N) is 4. The second-order valence-electron chi connectivity index (χ2n) is 27.1. The molecule has 5 saturated carbocycles. The topological polar surface area (TPSA) is 115 Å². The molecule has 0 spiro atoms. The van der Waals surface area contributed by atoms with E-state index in [1.807, 2.05) is 72.8 Å². The third-order valence-corrected chi connectivity index (χ3v) is 22.1. The van der Waals surface area contributed by atoms with Crippen molar-refractivity contribution in [3.8, 4) is 0 Å². The van der Waals surface area contributed by atoms with Crippen LogP contribution in [-0.4, -0.2) is 39.9 Å². The van der Waals surface area contributed by atoms with E-state index < -0.39 is 0 Å². The number of rotatable bonds is 11. The van der Waals surface area contributed by atoms with E-state index in [9.17, 15) is 0 Å². The third-order valence-electron chi connectivity index (χ3n) is 21.1. The van der Waals surface area contributed by atoms with E-state index >= 15 is 0 Å². The lowest BCUT2D eigenvalue weighted by Gasteiger charge is -2.28. The molecule has 8 nitrogen and oxygen atoms in total. The van der Waals surface area contributed by atoms with Gasteiger partial charge in [-0.1, -0.05) is 174 Å². The molecule has 4 N–H and O–H groups in total. The van der Waals surface area contributed by atoms with Crippen LogP contribution in [0.5, 0.6) is 0 Å². The fourth-order valence-corrected chi connectivity index (χ4v) is 16.8. The van der Waals surface area contributed by atoms with Gasteiger partial charge >= 0.3 is 0 Å². The maximum Gasteiger partial charge on any atom is 0.110 e. The minimum Gasteiger partial charge on any atom is -0.342 e. The van der Waals surface area contributed by atoms with Crippen LogP contribution in [0.15, 0.2) is 194 Å². The molecule has 5 aliphatic carbocycles. The highest BCUT2D eigenvalue weighted by atomic mass is 35.5. The molecule has 0 saturated heterocycles. The van der Waals surface area contributed by atoms with Gasteiger partial charge in [0, 0.05) is 40.2 Å². The average molecular weight is 1300 g/mol. The Morgan fingerprint density at radius 2 is 0.685 bits per heavy atom. The third kappa shape index (κ3) is 15.2. The summed E-state index contributed by atoms with van der Waals surface area (Å²) in [6, 6.07) is 67.4. The minimum absolute atomic E-state index is 0.620. The highest BCUT2D eigenvalue weighted by Crippen LogP contribution is 2.63. The molecule has 12 aromatic rings. The maximum atomic E-state index is 6.22. The fourth-order valence-electron chi connectivity index (χ4n) is 16.1. The summed E-state index contributed by atoms with van der Waals surface area (Å²) in [4.78, 5) is 32.7. The highest BCUT2D eigenvalue weighted by Gasteiger charge is 2.55. The number of halogens is 4. The van der Waals surface area contributed by atoms with Gasteiger partial charge in [0.15, 0.2) is 0 Å². The highest BCUT2D eigenvalue weighted by molar-refractivity contribution is 6.35. The molecular weight excluding hydrogens is 1210 g/mol. The van der Waals surface area contributed by atoms with Gasteiger partial charge in [-0.05, 0) is 239 Å². The van der Waals surface area contributed by atoms with E-state index in [2.05, 4.69) is 141 Å². The molecule has 5 fully saturated rings. The Balaban J connectivity index is 0.000000107. The molecule has 0 amide bonds. The minimum atomic E-state index is 0.620. The fraction of sp³-hybridized carbons (Fsp3) is 0.350. The second-order valence-corrected chi connectivity index (χ2v) is 28.8. The van der Waals surface area contributed by atoms with E-state index in [0.29, 0.717) is 5.92 Å². The van der Waals surface area contributed by atoms with E-state index in [0.717, 1.165) is 154 Å². The number of benzene rings is 8. The number of fused-ring (bicyclic) bond motifs is 5. The summed E-state index contributed by atoms with van der Waals surface area (Å²) in [6.45, 7) is 0. The summed E-state index contributed by atoms with van der Waals surface area (Å²) in [5.74, 6) is 11.8. The van der Waals surface area contributed by atoms with E-state index in [4.69, 9.17) is 66.3 Å². The number of imidazole rings is 4. The predicted octanol–water partition coefficient (Wildman–Crippen LogP) is 22.7. The van der Waals surface area contributed by atoms with Crippen molar-refractivity contribution in [1.29, 1.82) is 0 Å². The molecule has 4 atom stereocenters. The summed E-state index contributed by atoms with van der Waals surface area (Å²) < 4.78 is 0. The van der Waals surface area contributed by atoms with Crippen molar-refractivity contribution in [2.24, 2.45) is 29.6 Å². The second kappa shape index (κ2) is 29.0. The molecule has 4 heterocycles. The molecule has 0 radical (unpaired) electrons. The first kappa shape index (κ1) is 62.3. The van der Waals surface area contributed by atoms with Crippen molar-refractivity contribution in [3.63, 3.8) is 0 Å². The van der Waals surface area contributed by atoms with E-state index in [1.165, 1.54) is 124 Å². The molecule has 470 valence electrons. The molecule has 4 aromatic heterocycles. The zero-order valence-corrected chi connectivity index (χ0v) is 55.3. The number of hydrogen-bond donors (Lipinski definition) is 4. The van der Waals surface area contributed by atoms with Gasteiger partial charge in [0.25, 0.3) is 0 Å². The van der Waals surface area contributed by atoms with Crippen LogP contribution < -0.4 is 0 Å². The quantitative estimate of drug-likeness (QED) is 0.103. The van der Waals surface area contributed by atoms with Crippen LogP contribution in [-0.2, 0) is 19.3 Å². The van der Waals surface area contributed by atoms with Crippen molar-refractivity contribution in [2.75, 3.05) is 0 Å². The van der Waals surface area contributed by atoms with Gasteiger partial charge in [-0.2, -0.15) is 0 Å². The van der Waals surface area contributed by atoms with Crippen molar-refractivity contribution < 1.29 is 0 Å². The Hall–Kier alpha value is -7.20. The van der Waals surface area contributed by atoms with Crippen LogP contribution in [0.1, 0.15) is 171 Å². The van der Waals surface area contributed by atoms with Gasteiger partial charge in [-0.3, -0.25) is 0 Å². The smallest absolute Gasteiger partial charge is 0.110 e. The van der Waals surface area contributed by atoms with Crippen LogP contribution in [0.4, 0.5) is 0 Å². The zero-order valence-electron chi connectivity index (χ0n) is 52.3. The average Bonchev–Trinajstić information content (AvgIpc) is 1.58. The van der Waals surface area contributed by atoms with Crippen LogP contribution in [0.3, 0.4) is 0 Å². The summed E-state index contributed by atoms with van der Waals surface area (Å²) in [7, 11) is 0. The van der Waals surface area contributed by atoms with E-state index in [-0.39, 0.29) is 0 Å². The Kier molecular flexibility index (Phi) is 19.6. The van der Waals surface area contributed by atoms with Crippen LogP contribution in [0.25, 0.3) is 44.1 Å². The zero-order chi connectivity index (χ0) is 62.3. The molecule has 0 bridgehead atoms. The van der Waals surface area contributed by atoms with Gasteiger partial charge < -0.3 is 19.9 Å². The SMILES string of the molecule is Clc1ccc2nc(C3C4CCC(c5ccccc5)CC43)[nH]c2c1.Clc1ccc2nc(CC3CCC(c4ccccc4)CC3)[nH]c2c1.Clc1ccc2nc(CC3CCC(c4ccccc4)CC3)[nH]c2c1.Clc1cccc2[nH]c(CC3CCC(c4ccccc4)CC3)nc12. The number of para-hydroxylation sites is 1. The van der Waals surface area contributed by atoms with E-state index in [1.54, 1.807) is 0 Å². The number of nitrogens with zero attached hydrogens (tertiary/aromatic N) is 4. The Bertz CT molecular complexity index is 4190. The van der Waals surface area contributed by atoms with Gasteiger partial charge in [0.2, 0.25) is 0 Å². The number of aromatic amines is 4. The predicted molar refractivity (Wildman–Crippen MR) is 382 cm³/mol. The molecular formula is C80H82Cl4N8. The number of hydrogen-bond acceptors (Lipinski definition) is 4. The molecule has 12 heteroatoms. The Labute approximate surface area is 561 Å². The van der Waals surface area contributed by atoms with Crippen LogP contribution in [0.2, 0.25) is 20.1 Å². The standard InChI is InChI=1S/C20H19ClN2.3C20H21ClN2/c21-14-7-9-17-18(11-14)23-20(22-17)19-15-8-6-13(10-16(15)19)12-4-2-1-3-5-12;21-17-7-4-8-18-20(17)23-19(22-18)13-14-9-11-16(12-10-14)15-5-2-1-3-6-15;2*21-17-10-11-18-19(13-17)23-20(22-18)12-14-6-8-16(9-7-14)15-4-2-1-3-5-15/h1-5,7,9,11,13,15-16,19H,6,8,10H2,(H,22,23);1-8,14,16H,9-13H2,(H,22,23);2*1-5,10-11,13-14,16H,6-9,12H2,(H,22,23). The first-order valence-electron chi connectivity index (χ1n) is 33.9. The summed E-state index contributed by atoms with van der Waals surface area (Å²) >= 11 is 24.4. The molecule has 5 aliphatic rings. The summed E-state index contributed by atoms with van der Waals surface area (Å²) in [5, 5.41) is 3.02. The van der Waals surface area contributed by atoms with Crippen LogP contribution in [0, 0.1) is 29.6 Å². The lowest BCUT2D eigenvalue weighted by molar-refractivity contribution is 0.321. The lowest BCUT2D eigenvalue weighted by Crippen LogP contribution is -2.15. The molecule has 8 aromatic carbocycles. The lowest BCUT2D eigenvalue weighted by atomic mass is 9.77. The molecule has 17 rings (SSSR count). The molecule has 92 heavy (non-hydrogen) atoms. The van der Waals surface area contributed by atoms with Gasteiger partial charge in [0.1, 0.15) is 28.8 Å². The van der Waals surface area contributed by atoms with Gasteiger partial charge in [-0.25, -0.2) is 19.9 Å².